The Morgan fingerprint density at radius 3 is 2.52 bits per heavy atom. The van der Waals surface area contributed by atoms with Crippen molar-refractivity contribution in [3.63, 3.8) is 0 Å². The molecule has 0 fully saturated rings. The average molecular weight is 294 g/mol. The first kappa shape index (κ1) is 13.3. The topological polar surface area (TPSA) is 82.5 Å². The number of nitrogen functional groups attached to an aromatic ring is 1. The van der Waals surface area contributed by atoms with Crippen molar-refractivity contribution in [3.05, 3.63) is 30.4 Å². The van der Waals surface area contributed by atoms with Crippen molar-refractivity contribution in [1.29, 1.82) is 0 Å². The van der Waals surface area contributed by atoms with Gasteiger partial charge in [0, 0.05) is 13.2 Å². The van der Waals surface area contributed by atoms with E-state index in [1.54, 1.807) is 17.8 Å². The van der Waals surface area contributed by atoms with Gasteiger partial charge in [-0.05, 0) is 12.1 Å². The molecular weight excluding hydrogens is 285 g/mol. The predicted molar refractivity (Wildman–Crippen MR) is 68.9 cm³/mol. The molecule has 3 heterocycles. The number of anilines is 1. The molecule has 0 spiro atoms. The monoisotopic (exact) mass is 294 g/mol. The molecule has 0 saturated heterocycles. The molecule has 0 atom stereocenters. The summed E-state index contributed by atoms with van der Waals surface area (Å²) in [4.78, 5) is 15.6. The molecule has 108 valence electrons. The van der Waals surface area contributed by atoms with Crippen LogP contribution in [-0.4, -0.2) is 24.5 Å². The van der Waals surface area contributed by atoms with Crippen LogP contribution in [0.25, 0.3) is 22.6 Å². The maximum atomic E-state index is 12.7. The first-order chi connectivity index (χ1) is 9.84. The highest BCUT2D eigenvalue weighted by atomic mass is 19.4. The van der Waals surface area contributed by atoms with Crippen LogP contribution in [-0.2, 0) is 13.2 Å². The molecule has 21 heavy (non-hydrogen) atoms. The Morgan fingerprint density at radius 1 is 1.14 bits per heavy atom. The first-order valence-corrected chi connectivity index (χ1v) is 5.84. The fourth-order valence-electron chi connectivity index (χ4n) is 1.83. The molecule has 0 saturated carbocycles. The average Bonchev–Trinajstić information content (AvgIpc) is 2.83. The first-order valence-electron chi connectivity index (χ1n) is 5.84. The van der Waals surface area contributed by atoms with Crippen LogP contribution in [0.1, 0.15) is 5.69 Å². The second kappa shape index (κ2) is 4.40. The van der Waals surface area contributed by atoms with Gasteiger partial charge in [-0.2, -0.15) is 13.2 Å². The minimum atomic E-state index is -4.54. The summed E-state index contributed by atoms with van der Waals surface area (Å²) in [5.74, 6) is 0.189. The minimum Gasteiger partial charge on any atom is -0.383 e. The van der Waals surface area contributed by atoms with Gasteiger partial charge in [0.25, 0.3) is 0 Å². The van der Waals surface area contributed by atoms with Crippen LogP contribution in [0, 0.1) is 0 Å². The van der Waals surface area contributed by atoms with Crippen LogP contribution < -0.4 is 5.73 Å². The molecule has 3 aromatic rings. The summed E-state index contributed by atoms with van der Waals surface area (Å²) in [7, 11) is 1.75. The van der Waals surface area contributed by atoms with Crippen LogP contribution in [0.4, 0.5) is 19.0 Å². The standard InChI is InChI=1S/C12H9F3N6/c1-21-4-7(17-5-21)11-19-9(16)6-2-3-8(12(13,14)15)18-10(6)20-11/h2-5H,1H3,(H2,16,18,19,20). The molecule has 0 radical (unpaired) electrons. The number of halogens is 3. The van der Waals surface area contributed by atoms with E-state index in [0.29, 0.717) is 5.69 Å². The SMILES string of the molecule is Cn1cnc(-c2nc(N)c3ccc(C(F)(F)F)nc3n2)c1. The largest absolute Gasteiger partial charge is 0.433 e. The smallest absolute Gasteiger partial charge is 0.383 e. The summed E-state index contributed by atoms with van der Waals surface area (Å²) in [6.45, 7) is 0. The number of pyridine rings is 1. The van der Waals surface area contributed by atoms with Crippen molar-refractivity contribution in [2.24, 2.45) is 7.05 Å². The lowest BCUT2D eigenvalue weighted by Gasteiger charge is -2.08. The molecule has 0 aliphatic carbocycles. The summed E-state index contributed by atoms with van der Waals surface area (Å²) in [6.07, 6.45) is -1.38. The number of nitrogens with zero attached hydrogens (tertiary/aromatic N) is 5. The molecule has 0 bridgehead atoms. The van der Waals surface area contributed by atoms with Crippen LogP contribution in [0.3, 0.4) is 0 Å². The van der Waals surface area contributed by atoms with Gasteiger partial charge in [0.2, 0.25) is 0 Å². The van der Waals surface area contributed by atoms with Crippen LogP contribution >= 0.6 is 0 Å². The van der Waals surface area contributed by atoms with E-state index in [-0.39, 0.29) is 22.7 Å². The molecule has 3 aromatic heterocycles. The lowest BCUT2D eigenvalue weighted by molar-refractivity contribution is -0.141. The van der Waals surface area contributed by atoms with Gasteiger partial charge >= 0.3 is 6.18 Å². The highest BCUT2D eigenvalue weighted by Gasteiger charge is 2.32. The van der Waals surface area contributed by atoms with E-state index in [1.165, 1.54) is 12.4 Å². The summed E-state index contributed by atoms with van der Waals surface area (Å²) >= 11 is 0. The quantitative estimate of drug-likeness (QED) is 0.742. The number of hydrogen-bond donors (Lipinski definition) is 1. The Hall–Kier alpha value is -2.71. The Kier molecular flexibility index (Phi) is 2.78. The predicted octanol–water partition coefficient (Wildman–Crippen LogP) is 2.03. The second-order valence-corrected chi connectivity index (χ2v) is 4.42. The van der Waals surface area contributed by atoms with Gasteiger partial charge in [0.1, 0.15) is 17.2 Å². The normalized spacial score (nSPS) is 12.0. The van der Waals surface area contributed by atoms with Gasteiger partial charge in [0.05, 0.1) is 11.7 Å². The number of aryl methyl sites for hydroxylation is 1. The van der Waals surface area contributed by atoms with E-state index in [9.17, 15) is 13.2 Å². The van der Waals surface area contributed by atoms with E-state index >= 15 is 0 Å². The van der Waals surface area contributed by atoms with Gasteiger partial charge in [-0.3, -0.25) is 0 Å². The van der Waals surface area contributed by atoms with Crippen molar-refractivity contribution < 1.29 is 13.2 Å². The van der Waals surface area contributed by atoms with Crippen molar-refractivity contribution in [2.45, 2.75) is 6.18 Å². The zero-order valence-electron chi connectivity index (χ0n) is 10.8. The number of hydrogen-bond acceptors (Lipinski definition) is 5. The molecule has 6 nitrogen and oxygen atoms in total. The summed E-state index contributed by atoms with van der Waals surface area (Å²) in [6, 6.07) is 2.06. The molecule has 0 aliphatic rings. The summed E-state index contributed by atoms with van der Waals surface area (Å²) in [5.41, 5.74) is 5.02. The van der Waals surface area contributed by atoms with Crippen molar-refractivity contribution in [2.75, 3.05) is 5.73 Å². The van der Waals surface area contributed by atoms with Gasteiger partial charge in [0.15, 0.2) is 11.5 Å². The van der Waals surface area contributed by atoms with Crippen molar-refractivity contribution in [3.8, 4) is 11.5 Å². The number of fused-ring (bicyclic) bond motifs is 1. The lowest BCUT2D eigenvalue weighted by atomic mass is 10.2. The van der Waals surface area contributed by atoms with Crippen LogP contribution in [0.15, 0.2) is 24.7 Å². The van der Waals surface area contributed by atoms with Crippen molar-refractivity contribution in [1.82, 2.24) is 24.5 Å². The molecule has 0 aliphatic heterocycles. The van der Waals surface area contributed by atoms with Crippen molar-refractivity contribution >= 4 is 16.9 Å². The van der Waals surface area contributed by atoms with Crippen LogP contribution in [0.5, 0.6) is 0 Å². The maximum absolute atomic E-state index is 12.7. The van der Waals surface area contributed by atoms with E-state index in [2.05, 4.69) is 19.9 Å². The van der Waals surface area contributed by atoms with E-state index in [1.807, 2.05) is 0 Å². The molecule has 3 rings (SSSR count). The number of imidazole rings is 1. The van der Waals surface area contributed by atoms with Crippen LogP contribution in [0.2, 0.25) is 0 Å². The van der Waals surface area contributed by atoms with E-state index < -0.39 is 11.9 Å². The highest BCUT2D eigenvalue weighted by Crippen LogP contribution is 2.30. The number of nitrogens with two attached hydrogens (primary N) is 1. The maximum Gasteiger partial charge on any atom is 0.433 e. The molecule has 9 heteroatoms. The molecule has 0 aromatic carbocycles. The van der Waals surface area contributed by atoms with E-state index in [4.69, 9.17) is 5.73 Å². The van der Waals surface area contributed by atoms with Gasteiger partial charge in [-0.25, -0.2) is 19.9 Å². The van der Waals surface area contributed by atoms with Gasteiger partial charge < -0.3 is 10.3 Å². The molecule has 0 unspecified atom stereocenters. The third kappa shape index (κ3) is 2.37. The number of aromatic nitrogens is 5. The van der Waals surface area contributed by atoms with E-state index in [0.717, 1.165) is 6.07 Å². The third-order valence-electron chi connectivity index (χ3n) is 2.81. The number of alkyl halides is 3. The summed E-state index contributed by atoms with van der Waals surface area (Å²) < 4.78 is 39.7. The zero-order valence-corrected chi connectivity index (χ0v) is 10.8. The molecule has 0 amide bonds. The Morgan fingerprint density at radius 2 is 1.90 bits per heavy atom. The third-order valence-corrected chi connectivity index (χ3v) is 2.81. The fraction of sp³-hybridized carbons (Fsp3) is 0.167. The molecular formula is C12H9F3N6. The fourth-order valence-corrected chi connectivity index (χ4v) is 1.83. The Bertz CT molecular complexity index is 823. The van der Waals surface area contributed by atoms with Gasteiger partial charge in [-0.15, -0.1) is 0 Å². The number of rotatable bonds is 1. The lowest BCUT2D eigenvalue weighted by Crippen LogP contribution is -2.09. The Labute approximate surface area is 116 Å². The zero-order chi connectivity index (χ0) is 15.2. The summed E-state index contributed by atoms with van der Waals surface area (Å²) in [5, 5.41) is 0.266. The van der Waals surface area contributed by atoms with Gasteiger partial charge in [-0.1, -0.05) is 0 Å². The Balaban J connectivity index is 2.21. The second-order valence-electron chi connectivity index (χ2n) is 4.42. The minimum absolute atomic E-state index is 0.0573. The molecule has 2 N–H and O–H groups in total. The highest BCUT2D eigenvalue weighted by molar-refractivity contribution is 5.86.